The number of aryl methyl sites for hydroxylation is 1. The van der Waals surface area contributed by atoms with Crippen LogP contribution in [-0.4, -0.2) is 33.0 Å². The zero-order chi connectivity index (χ0) is 22.9. The Morgan fingerprint density at radius 3 is 2.59 bits per heavy atom. The Hall–Kier alpha value is -4.64. The van der Waals surface area contributed by atoms with Gasteiger partial charge in [-0.05, 0) is 37.3 Å². The molecule has 14 heteroatoms. The number of sulfonamides is 1. The van der Waals surface area contributed by atoms with Gasteiger partial charge in [0.2, 0.25) is 5.95 Å². The Morgan fingerprint density at radius 2 is 1.91 bits per heavy atom. The van der Waals surface area contributed by atoms with E-state index in [1.807, 2.05) is 0 Å². The van der Waals surface area contributed by atoms with Crippen LogP contribution in [0, 0.1) is 18.3 Å². The van der Waals surface area contributed by atoms with E-state index in [0.29, 0.717) is 5.69 Å². The monoisotopic (exact) mass is 451 g/mol. The van der Waals surface area contributed by atoms with E-state index < -0.39 is 21.1 Å². The summed E-state index contributed by atoms with van der Waals surface area (Å²) in [6, 6.07) is 8.72. The van der Waals surface area contributed by atoms with E-state index in [2.05, 4.69) is 35.0 Å². The van der Waals surface area contributed by atoms with Gasteiger partial charge in [-0.1, -0.05) is 0 Å². The zero-order valence-corrected chi connectivity index (χ0v) is 17.1. The fraction of sp³-hybridized carbons (Fsp3) is 0.0556. The molecule has 4 aromatic rings. The van der Waals surface area contributed by atoms with Crippen molar-refractivity contribution >= 4 is 33.0 Å². The summed E-state index contributed by atoms with van der Waals surface area (Å²) >= 11 is 0. The van der Waals surface area contributed by atoms with Gasteiger partial charge in [-0.25, -0.2) is 23.1 Å². The first-order valence-corrected chi connectivity index (χ1v) is 10.4. The van der Waals surface area contributed by atoms with Crippen molar-refractivity contribution in [2.75, 3.05) is 4.72 Å². The number of hydrogen-bond acceptors (Lipinski definition) is 9. The van der Waals surface area contributed by atoms with Gasteiger partial charge in [0.1, 0.15) is 11.6 Å². The molecular weight excluding hydrogens is 438 g/mol. The second-order valence-corrected chi connectivity index (χ2v) is 8.10. The van der Waals surface area contributed by atoms with Crippen molar-refractivity contribution < 1.29 is 8.42 Å². The first kappa shape index (κ1) is 20.6. The molecule has 0 aliphatic heterocycles. The average Bonchev–Trinajstić information content (AvgIpc) is 3.08. The van der Waals surface area contributed by atoms with Crippen LogP contribution in [0.4, 0.5) is 17.3 Å². The first-order valence-electron chi connectivity index (χ1n) is 8.89. The maximum atomic E-state index is 12.5. The molecule has 0 radical (unpaired) electrons. The van der Waals surface area contributed by atoms with Crippen LogP contribution < -0.4 is 15.8 Å². The second-order valence-electron chi connectivity index (χ2n) is 6.41. The fourth-order valence-corrected chi connectivity index (χ4v) is 3.63. The molecule has 32 heavy (non-hydrogen) atoms. The lowest BCUT2D eigenvalue weighted by molar-refractivity contribution is 0.601. The number of H-pyrrole nitrogens is 2. The van der Waals surface area contributed by atoms with Gasteiger partial charge in [0.15, 0.2) is 11.3 Å². The summed E-state index contributed by atoms with van der Waals surface area (Å²) in [4.78, 5) is 34.7. The Morgan fingerprint density at radius 1 is 1.16 bits per heavy atom. The average molecular weight is 451 g/mol. The third-order valence-electron chi connectivity index (χ3n) is 4.22. The highest BCUT2D eigenvalue weighted by Crippen LogP contribution is 2.21. The van der Waals surface area contributed by atoms with E-state index in [1.165, 1.54) is 30.5 Å². The molecule has 160 valence electrons. The predicted octanol–water partition coefficient (Wildman–Crippen LogP) is 1.50. The van der Waals surface area contributed by atoms with Crippen molar-refractivity contribution in [3.63, 3.8) is 0 Å². The third-order valence-corrected chi connectivity index (χ3v) is 5.56. The number of aromatic nitrogens is 5. The lowest BCUT2D eigenvalue weighted by Crippen LogP contribution is -2.19. The molecule has 0 saturated heterocycles. The molecule has 0 fully saturated rings. The standard InChI is InChI=1S/C18H13N9O4S/c1-10-6-7-20-18(22-10)26-32(30,31)13-4-2-12(3-5-13)23-24-14-15-21-9-11(8-19)17(29)27(15)25-16(14)28/h2-7,9,21H,1H3,(H,25,28)(H,20,22,26). The third kappa shape index (κ3) is 3.87. The zero-order valence-electron chi connectivity index (χ0n) is 16.3. The van der Waals surface area contributed by atoms with Crippen molar-refractivity contribution in [2.24, 2.45) is 10.2 Å². The van der Waals surface area contributed by atoms with Crippen molar-refractivity contribution in [2.45, 2.75) is 11.8 Å². The van der Waals surface area contributed by atoms with Crippen molar-refractivity contribution in [1.29, 1.82) is 5.26 Å². The number of aromatic amines is 2. The lowest BCUT2D eigenvalue weighted by atomic mass is 10.3. The molecule has 0 spiro atoms. The summed E-state index contributed by atoms with van der Waals surface area (Å²) in [5.41, 5.74) is -0.880. The highest BCUT2D eigenvalue weighted by molar-refractivity contribution is 7.92. The highest BCUT2D eigenvalue weighted by Gasteiger charge is 2.16. The molecule has 1 aromatic carbocycles. The van der Waals surface area contributed by atoms with E-state index >= 15 is 0 Å². The van der Waals surface area contributed by atoms with Crippen LogP contribution in [-0.2, 0) is 10.0 Å². The number of rotatable bonds is 5. The van der Waals surface area contributed by atoms with Gasteiger partial charge in [-0.15, -0.1) is 5.11 Å². The second kappa shape index (κ2) is 7.89. The fourth-order valence-electron chi connectivity index (χ4n) is 2.68. The highest BCUT2D eigenvalue weighted by atomic mass is 32.2. The number of nitriles is 1. The van der Waals surface area contributed by atoms with Gasteiger partial charge in [0, 0.05) is 18.1 Å². The number of anilines is 1. The molecule has 0 unspecified atom stereocenters. The number of nitrogens with one attached hydrogen (secondary N) is 3. The number of nitrogens with zero attached hydrogens (tertiary/aromatic N) is 6. The van der Waals surface area contributed by atoms with E-state index in [-0.39, 0.29) is 33.4 Å². The van der Waals surface area contributed by atoms with E-state index in [9.17, 15) is 18.0 Å². The summed E-state index contributed by atoms with van der Waals surface area (Å²) in [6.45, 7) is 1.71. The molecule has 3 N–H and O–H groups in total. The Labute approximate surface area is 179 Å². The van der Waals surface area contributed by atoms with Crippen molar-refractivity contribution in [3.05, 3.63) is 74.7 Å². The minimum atomic E-state index is -3.92. The van der Waals surface area contributed by atoms with Gasteiger partial charge in [0.25, 0.3) is 21.1 Å². The predicted molar refractivity (Wildman–Crippen MR) is 112 cm³/mol. The minimum absolute atomic E-state index is 0.0318. The topological polar surface area (TPSA) is 191 Å². The summed E-state index contributed by atoms with van der Waals surface area (Å²) in [5.74, 6) is -0.0536. The van der Waals surface area contributed by atoms with Gasteiger partial charge >= 0.3 is 0 Å². The summed E-state index contributed by atoms with van der Waals surface area (Å²) in [6.07, 6.45) is 2.60. The van der Waals surface area contributed by atoms with Gasteiger partial charge in [0.05, 0.1) is 10.6 Å². The quantitative estimate of drug-likeness (QED) is 0.383. The van der Waals surface area contributed by atoms with Crippen LogP contribution in [0.15, 0.2) is 67.4 Å². The molecule has 3 aromatic heterocycles. The maximum absolute atomic E-state index is 12.5. The van der Waals surface area contributed by atoms with Crippen LogP contribution in [0.3, 0.4) is 0 Å². The molecule has 0 aliphatic carbocycles. The van der Waals surface area contributed by atoms with Crippen LogP contribution in [0.5, 0.6) is 0 Å². The summed E-state index contributed by atoms with van der Waals surface area (Å²) < 4.78 is 28.1. The van der Waals surface area contributed by atoms with Gasteiger partial charge in [-0.3, -0.25) is 14.7 Å². The van der Waals surface area contributed by atoms with Crippen LogP contribution in [0.2, 0.25) is 0 Å². The molecule has 0 saturated carbocycles. The Kier molecular flexibility index (Phi) is 5.08. The summed E-state index contributed by atoms with van der Waals surface area (Å²) in [5, 5.41) is 19.0. The molecule has 0 atom stereocenters. The molecule has 0 aliphatic rings. The van der Waals surface area contributed by atoms with E-state index in [1.54, 1.807) is 19.1 Å². The normalized spacial score (nSPS) is 11.6. The molecule has 0 amide bonds. The van der Waals surface area contributed by atoms with E-state index in [0.717, 1.165) is 10.7 Å². The molecule has 4 rings (SSSR count). The smallest absolute Gasteiger partial charge is 0.294 e. The van der Waals surface area contributed by atoms with Crippen molar-refractivity contribution in [3.8, 4) is 6.07 Å². The molecule has 0 bridgehead atoms. The Balaban J connectivity index is 1.60. The largest absolute Gasteiger partial charge is 0.343 e. The number of benzene rings is 1. The van der Waals surface area contributed by atoms with Crippen LogP contribution in [0.25, 0.3) is 5.65 Å². The van der Waals surface area contributed by atoms with Gasteiger partial charge in [-0.2, -0.15) is 14.9 Å². The Bertz CT molecular complexity index is 1620. The van der Waals surface area contributed by atoms with Crippen LogP contribution >= 0.6 is 0 Å². The molecule has 3 heterocycles. The van der Waals surface area contributed by atoms with Crippen molar-refractivity contribution in [1.82, 2.24) is 24.6 Å². The molecular formula is C18H13N9O4S. The van der Waals surface area contributed by atoms with Crippen LogP contribution in [0.1, 0.15) is 11.3 Å². The molecule has 13 nitrogen and oxygen atoms in total. The van der Waals surface area contributed by atoms with Gasteiger partial charge < -0.3 is 4.98 Å². The maximum Gasteiger partial charge on any atom is 0.294 e. The number of hydrogen-bond donors (Lipinski definition) is 3. The summed E-state index contributed by atoms with van der Waals surface area (Å²) in [7, 11) is -3.92. The lowest BCUT2D eigenvalue weighted by Gasteiger charge is -2.06. The minimum Gasteiger partial charge on any atom is -0.343 e. The SMILES string of the molecule is Cc1ccnc(NS(=O)(=O)c2ccc(N=Nc3c(=O)[nH]n4c(=O)c(C#N)c[nH]c34)cc2)n1. The van der Waals surface area contributed by atoms with E-state index in [4.69, 9.17) is 5.26 Å². The number of azo groups is 1. The number of fused-ring (bicyclic) bond motifs is 1. The first-order chi connectivity index (χ1) is 15.3.